The van der Waals surface area contributed by atoms with Gasteiger partial charge in [0.1, 0.15) is 0 Å². The first kappa shape index (κ1) is 18.6. The number of halogens is 1. The molecule has 1 amide bonds. The second-order valence-electron chi connectivity index (χ2n) is 5.68. The lowest BCUT2D eigenvalue weighted by molar-refractivity contribution is -0.126. The molecular weight excluding hydrogens is 304 g/mol. The van der Waals surface area contributed by atoms with E-state index in [0.29, 0.717) is 26.2 Å². The van der Waals surface area contributed by atoms with Crippen LogP contribution in [0.2, 0.25) is 0 Å². The molecule has 22 heavy (non-hydrogen) atoms. The minimum atomic E-state index is -0.819. The Morgan fingerprint density at radius 2 is 2.00 bits per heavy atom. The number of hydrogen-bond donors (Lipinski definition) is 2. The van der Waals surface area contributed by atoms with Crippen LogP contribution in [0.1, 0.15) is 38.7 Å². The van der Waals surface area contributed by atoms with Crippen LogP contribution in [0.15, 0.2) is 18.2 Å². The minimum absolute atomic E-state index is 0. The van der Waals surface area contributed by atoms with Gasteiger partial charge in [-0.15, -0.1) is 12.4 Å². The van der Waals surface area contributed by atoms with Crippen molar-refractivity contribution in [3.63, 3.8) is 0 Å². The molecule has 1 heterocycles. The van der Waals surface area contributed by atoms with Crippen molar-refractivity contribution in [3.8, 4) is 11.5 Å². The van der Waals surface area contributed by atoms with Crippen molar-refractivity contribution >= 4 is 18.3 Å². The van der Waals surface area contributed by atoms with Crippen LogP contribution in [0.3, 0.4) is 0 Å². The van der Waals surface area contributed by atoms with Crippen molar-refractivity contribution in [2.45, 2.75) is 45.2 Å². The molecule has 0 aliphatic carbocycles. The third-order valence-corrected chi connectivity index (χ3v) is 3.55. The molecule has 0 saturated heterocycles. The number of amides is 1. The average Bonchev–Trinajstić information content (AvgIpc) is 2.69. The highest BCUT2D eigenvalue weighted by Crippen LogP contribution is 2.30. The summed E-state index contributed by atoms with van der Waals surface area (Å²) in [5.74, 6) is 1.37. The van der Waals surface area contributed by atoms with Crippen LogP contribution < -0.4 is 20.5 Å². The van der Waals surface area contributed by atoms with Crippen molar-refractivity contribution in [2.24, 2.45) is 5.73 Å². The number of ether oxygens (including phenoxy) is 2. The number of rotatable bonds is 5. The number of nitrogens with one attached hydrogen (secondary N) is 1. The van der Waals surface area contributed by atoms with Crippen LogP contribution in [0, 0.1) is 0 Å². The van der Waals surface area contributed by atoms with E-state index in [1.54, 1.807) is 6.92 Å². The van der Waals surface area contributed by atoms with Gasteiger partial charge in [0.15, 0.2) is 11.5 Å². The van der Waals surface area contributed by atoms with E-state index >= 15 is 0 Å². The van der Waals surface area contributed by atoms with Crippen LogP contribution in [0.4, 0.5) is 0 Å². The lowest BCUT2D eigenvalue weighted by atomic mass is 9.96. The van der Waals surface area contributed by atoms with Gasteiger partial charge in [-0.3, -0.25) is 4.79 Å². The zero-order chi connectivity index (χ0) is 15.3. The predicted molar refractivity (Wildman–Crippen MR) is 88.6 cm³/mol. The predicted octanol–water partition coefficient (Wildman–Crippen LogP) is 2.40. The molecule has 1 unspecified atom stereocenters. The van der Waals surface area contributed by atoms with Crippen LogP contribution in [-0.4, -0.2) is 24.7 Å². The van der Waals surface area contributed by atoms with E-state index in [1.165, 1.54) is 0 Å². The number of benzene rings is 1. The van der Waals surface area contributed by atoms with Gasteiger partial charge in [0, 0.05) is 13.0 Å². The largest absolute Gasteiger partial charge is 0.490 e. The number of hydrogen-bond acceptors (Lipinski definition) is 4. The Hall–Kier alpha value is -1.46. The summed E-state index contributed by atoms with van der Waals surface area (Å²) < 4.78 is 11.2. The van der Waals surface area contributed by atoms with E-state index in [-0.39, 0.29) is 18.3 Å². The second-order valence-corrected chi connectivity index (χ2v) is 5.68. The zero-order valence-electron chi connectivity index (χ0n) is 13.2. The van der Waals surface area contributed by atoms with Gasteiger partial charge in [0.2, 0.25) is 5.91 Å². The maximum atomic E-state index is 12.1. The zero-order valence-corrected chi connectivity index (χ0v) is 14.0. The van der Waals surface area contributed by atoms with E-state index in [2.05, 4.69) is 5.32 Å². The minimum Gasteiger partial charge on any atom is -0.490 e. The Morgan fingerprint density at radius 1 is 1.32 bits per heavy atom. The summed E-state index contributed by atoms with van der Waals surface area (Å²) >= 11 is 0. The Kier molecular flexibility index (Phi) is 6.97. The van der Waals surface area contributed by atoms with E-state index in [0.717, 1.165) is 29.9 Å². The van der Waals surface area contributed by atoms with Crippen molar-refractivity contribution in [3.05, 3.63) is 23.8 Å². The van der Waals surface area contributed by atoms with E-state index in [1.807, 2.05) is 25.1 Å². The quantitative estimate of drug-likeness (QED) is 0.870. The first-order chi connectivity index (χ1) is 10.0. The highest BCUT2D eigenvalue weighted by molar-refractivity contribution is 5.85. The van der Waals surface area contributed by atoms with Gasteiger partial charge < -0.3 is 20.5 Å². The summed E-state index contributed by atoms with van der Waals surface area (Å²) in [6.45, 7) is 5.54. The molecule has 1 aliphatic heterocycles. The molecule has 1 aliphatic rings. The van der Waals surface area contributed by atoms with Gasteiger partial charge in [0.25, 0.3) is 0 Å². The molecule has 0 aromatic heterocycles. The van der Waals surface area contributed by atoms with Gasteiger partial charge >= 0.3 is 0 Å². The van der Waals surface area contributed by atoms with Crippen molar-refractivity contribution in [2.75, 3.05) is 13.2 Å². The summed E-state index contributed by atoms with van der Waals surface area (Å²) in [5, 5.41) is 2.89. The molecule has 6 heteroatoms. The molecule has 0 bridgehead atoms. The van der Waals surface area contributed by atoms with E-state index in [9.17, 15) is 4.79 Å². The van der Waals surface area contributed by atoms with Gasteiger partial charge in [-0.2, -0.15) is 0 Å². The fourth-order valence-corrected chi connectivity index (χ4v) is 2.33. The molecule has 2 rings (SSSR count). The van der Waals surface area contributed by atoms with Gasteiger partial charge in [0.05, 0.1) is 18.8 Å². The maximum Gasteiger partial charge on any atom is 0.240 e. The molecule has 3 N–H and O–H groups in total. The smallest absolute Gasteiger partial charge is 0.240 e. The second kappa shape index (κ2) is 8.25. The Morgan fingerprint density at radius 3 is 2.68 bits per heavy atom. The number of carbonyl (C=O) groups is 1. The lowest BCUT2D eigenvalue weighted by Gasteiger charge is -2.23. The van der Waals surface area contributed by atoms with Crippen molar-refractivity contribution in [1.82, 2.24) is 5.32 Å². The summed E-state index contributed by atoms with van der Waals surface area (Å²) in [6.07, 6.45) is 2.42. The fraction of sp³-hybridized carbons (Fsp3) is 0.562. The molecule has 5 nitrogen and oxygen atoms in total. The average molecular weight is 329 g/mol. The summed E-state index contributed by atoms with van der Waals surface area (Å²) in [7, 11) is 0. The molecule has 124 valence electrons. The van der Waals surface area contributed by atoms with Crippen molar-refractivity contribution in [1.29, 1.82) is 0 Å². The normalized spacial score (nSPS) is 16.0. The third kappa shape index (κ3) is 4.78. The number of nitrogens with two attached hydrogens (primary N) is 1. The summed E-state index contributed by atoms with van der Waals surface area (Å²) in [4.78, 5) is 12.1. The molecular formula is C16H25ClN2O3. The fourth-order valence-electron chi connectivity index (χ4n) is 2.33. The van der Waals surface area contributed by atoms with Gasteiger partial charge in [-0.05, 0) is 31.0 Å². The van der Waals surface area contributed by atoms with Gasteiger partial charge in [-0.1, -0.05) is 19.4 Å². The Bertz CT molecular complexity index is 506. The van der Waals surface area contributed by atoms with Crippen LogP contribution >= 0.6 is 12.4 Å². The van der Waals surface area contributed by atoms with E-state index < -0.39 is 5.54 Å². The first-order valence-corrected chi connectivity index (χ1v) is 7.48. The highest BCUT2D eigenvalue weighted by atomic mass is 35.5. The number of fused-ring (bicyclic) bond motifs is 1. The Labute approximate surface area is 138 Å². The number of carbonyl (C=O) groups excluding carboxylic acids is 1. The monoisotopic (exact) mass is 328 g/mol. The van der Waals surface area contributed by atoms with Crippen molar-refractivity contribution < 1.29 is 14.3 Å². The molecule has 1 aromatic rings. The van der Waals surface area contributed by atoms with Crippen LogP contribution in [0.5, 0.6) is 11.5 Å². The molecule has 1 aromatic carbocycles. The molecule has 0 fully saturated rings. The van der Waals surface area contributed by atoms with Gasteiger partial charge in [-0.25, -0.2) is 0 Å². The topological polar surface area (TPSA) is 73.6 Å². The molecule has 0 saturated carbocycles. The van der Waals surface area contributed by atoms with Crippen LogP contribution in [0.25, 0.3) is 0 Å². The standard InChI is InChI=1S/C16H24N2O3.ClH/c1-3-7-16(2,17)15(19)18-11-12-5-6-13-14(10-12)21-9-4-8-20-13;/h5-6,10H,3-4,7-9,11,17H2,1-2H3,(H,18,19);1H. The third-order valence-electron chi connectivity index (χ3n) is 3.55. The maximum absolute atomic E-state index is 12.1. The highest BCUT2D eigenvalue weighted by Gasteiger charge is 2.26. The first-order valence-electron chi connectivity index (χ1n) is 7.48. The van der Waals surface area contributed by atoms with Crippen LogP contribution in [-0.2, 0) is 11.3 Å². The summed E-state index contributed by atoms with van der Waals surface area (Å²) in [5.41, 5.74) is 6.16. The lowest BCUT2D eigenvalue weighted by Crippen LogP contribution is -2.51. The SMILES string of the molecule is CCCC(C)(N)C(=O)NCc1ccc2c(c1)OCCCO2.Cl. The molecule has 0 spiro atoms. The Balaban J connectivity index is 0.00000242. The summed E-state index contributed by atoms with van der Waals surface area (Å²) in [6, 6.07) is 5.73. The molecule has 0 radical (unpaired) electrons. The van der Waals surface area contributed by atoms with E-state index in [4.69, 9.17) is 15.2 Å². The molecule has 1 atom stereocenters.